The van der Waals surface area contributed by atoms with Crippen LogP contribution in [0.2, 0.25) is 0 Å². The van der Waals surface area contributed by atoms with Gasteiger partial charge in [-0.25, -0.2) is 4.98 Å². The van der Waals surface area contributed by atoms with Crippen molar-refractivity contribution < 1.29 is 9.21 Å². The maximum atomic E-state index is 12.0. The van der Waals surface area contributed by atoms with Gasteiger partial charge in [0.05, 0.1) is 0 Å². The van der Waals surface area contributed by atoms with Gasteiger partial charge >= 0.3 is 0 Å². The van der Waals surface area contributed by atoms with Crippen molar-refractivity contribution in [2.24, 2.45) is 5.73 Å². The van der Waals surface area contributed by atoms with Gasteiger partial charge in [0, 0.05) is 19.1 Å². The molecular formula is C10H16ClN3O2. The normalized spacial score (nSPS) is 20.4. The van der Waals surface area contributed by atoms with E-state index in [2.05, 4.69) is 4.98 Å². The lowest BCUT2D eigenvalue weighted by Crippen LogP contribution is -2.45. The van der Waals surface area contributed by atoms with Crippen molar-refractivity contribution in [2.45, 2.75) is 25.8 Å². The number of carbonyl (C=O) groups is 1. The summed E-state index contributed by atoms with van der Waals surface area (Å²) in [5, 5.41) is 0. The van der Waals surface area contributed by atoms with E-state index in [0.29, 0.717) is 18.0 Å². The van der Waals surface area contributed by atoms with Crippen molar-refractivity contribution in [3.63, 3.8) is 0 Å². The molecule has 1 fully saturated rings. The summed E-state index contributed by atoms with van der Waals surface area (Å²) in [6, 6.07) is 0.0925. The quantitative estimate of drug-likeness (QED) is 0.800. The first kappa shape index (κ1) is 13.0. The minimum absolute atomic E-state index is 0. The highest BCUT2D eigenvalue weighted by Gasteiger charge is 2.25. The molecule has 6 heteroatoms. The highest BCUT2D eigenvalue weighted by molar-refractivity contribution is 5.93. The van der Waals surface area contributed by atoms with Crippen LogP contribution < -0.4 is 5.73 Å². The average molecular weight is 246 g/mol. The highest BCUT2D eigenvalue weighted by Crippen LogP contribution is 2.13. The SMILES string of the molecule is Cc1ocnc1C(=O)N1CCC[C@@H](N)C1.Cl. The Morgan fingerprint density at radius 1 is 1.69 bits per heavy atom. The third kappa shape index (κ3) is 2.54. The van der Waals surface area contributed by atoms with Crippen molar-refractivity contribution in [1.29, 1.82) is 0 Å². The molecule has 0 aliphatic carbocycles. The number of oxazole rings is 1. The van der Waals surface area contributed by atoms with Crippen LogP contribution in [0.3, 0.4) is 0 Å². The van der Waals surface area contributed by atoms with Crippen molar-refractivity contribution in [2.75, 3.05) is 13.1 Å². The first-order chi connectivity index (χ1) is 7.18. The number of aryl methyl sites for hydroxylation is 1. The topological polar surface area (TPSA) is 72.4 Å². The molecular weight excluding hydrogens is 230 g/mol. The molecule has 1 aromatic heterocycles. The van der Waals surface area contributed by atoms with Crippen molar-refractivity contribution in [3.05, 3.63) is 17.8 Å². The summed E-state index contributed by atoms with van der Waals surface area (Å²) in [5.41, 5.74) is 6.22. The maximum Gasteiger partial charge on any atom is 0.276 e. The van der Waals surface area contributed by atoms with Gasteiger partial charge in [0.2, 0.25) is 0 Å². The third-order valence-electron chi connectivity index (χ3n) is 2.69. The molecule has 2 rings (SSSR count). The Morgan fingerprint density at radius 2 is 2.44 bits per heavy atom. The van der Waals surface area contributed by atoms with Gasteiger partial charge in [-0.05, 0) is 19.8 Å². The summed E-state index contributed by atoms with van der Waals surface area (Å²) in [7, 11) is 0. The fourth-order valence-electron chi connectivity index (χ4n) is 1.85. The van der Waals surface area contributed by atoms with E-state index < -0.39 is 0 Å². The van der Waals surface area contributed by atoms with E-state index >= 15 is 0 Å². The fourth-order valence-corrected chi connectivity index (χ4v) is 1.85. The van der Waals surface area contributed by atoms with Crippen LogP contribution in [-0.2, 0) is 0 Å². The largest absolute Gasteiger partial charge is 0.448 e. The Balaban J connectivity index is 0.00000128. The number of hydrogen-bond donors (Lipinski definition) is 1. The number of rotatable bonds is 1. The highest BCUT2D eigenvalue weighted by atomic mass is 35.5. The van der Waals surface area contributed by atoms with E-state index in [1.54, 1.807) is 11.8 Å². The molecule has 2 heterocycles. The summed E-state index contributed by atoms with van der Waals surface area (Å²) in [6.45, 7) is 3.12. The summed E-state index contributed by atoms with van der Waals surface area (Å²) >= 11 is 0. The van der Waals surface area contributed by atoms with E-state index in [0.717, 1.165) is 19.4 Å². The minimum Gasteiger partial charge on any atom is -0.448 e. The molecule has 5 nitrogen and oxygen atoms in total. The second kappa shape index (κ2) is 5.32. The zero-order chi connectivity index (χ0) is 10.8. The lowest BCUT2D eigenvalue weighted by atomic mass is 10.1. The van der Waals surface area contributed by atoms with E-state index in [-0.39, 0.29) is 24.4 Å². The molecule has 0 spiro atoms. The maximum absolute atomic E-state index is 12.0. The molecule has 0 saturated carbocycles. The Hall–Kier alpha value is -1.07. The number of piperidine rings is 1. The molecule has 1 atom stereocenters. The molecule has 1 amide bonds. The van der Waals surface area contributed by atoms with Gasteiger partial charge < -0.3 is 15.1 Å². The molecule has 1 aromatic rings. The summed E-state index contributed by atoms with van der Waals surface area (Å²) < 4.78 is 5.01. The predicted molar refractivity (Wildman–Crippen MR) is 61.6 cm³/mol. The van der Waals surface area contributed by atoms with Crippen LogP contribution in [0.15, 0.2) is 10.8 Å². The summed E-state index contributed by atoms with van der Waals surface area (Å²) in [6.07, 6.45) is 3.25. The standard InChI is InChI=1S/C10H15N3O2.ClH/c1-7-9(12-6-15-7)10(14)13-4-2-3-8(11)5-13;/h6,8H,2-5,11H2,1H3;1H/t8-;/m1./s1. The van der Waals surface area contributed by atoms with E-state index in [1.807, 2.05) is 0 Å². The van der Waals surface area contributed by atoms with Crippen molar-refractivity contribution in [1.82, 2.24) is 9.88 Å². The molecule has 1 aliphatic heterocycles. The monoisotopic (exact) mass is 245 g/mol. The average Bonchev–Trinajstić information content (AvgIpc) is 2.63. The zero-order valence-corrected chi connectivity index (χ0v) is 10.00. The van der Waals surface area contributed by atoms with Crippen LogP contribution in [0, 0.1) is 6.92 Å². The minimum atomic E-state index is -0.0728. The van der Waals surface area contributed by atoms with E-state index in [1.165, 1.54) is 6.39 Å². The molecule has 0 aromatic carbocycles. The van der Waals surface area contributed by atoms with Gasteiger partial charge in [0.25, 0.3) is 5.91 Å². The number of amides is 1. The first-order valence-corrected chi connectivity index (χ1v) is 5.13. The first-order valence-electron chi connectivity index (χ1n) is 5.13. The van der Waals surface area contributed by atoms with Gasteiger partial charge in [-0.1, -0.05) is 0 Å². The molecule has 0 bridgehead atoms. The van der Waals surface area contributed by atoms with Gasteiger partial charge in [-0.15, -0.1) is 12.4 Å². The number of hydrogen-bond acceptors (Lipinski definition) is 4. The number of nitrogens with two attached hydrogens (primary N) is 1. The van der Waals surface area contributed by atoms with Gasteiger partial charge in [0.15, 0.2) is 12.1 Å². The summed E-state index contributed by atoms with van der Waals surface area (Å²) in [5.74, 6) is 0.496. The smallest absolute Gasteiger partial charge is 0.276 e. The Morgan fingerprint density at radius 3 is 3.00 bits per heavy atom. The molecule has 1 aliphatic rings. The molecule has 2 N–H and O–H groups in total. The molecule has 0 radical (unpaired) electrons. The van der Waals surface area contributed by atoms with Crippen molar-refractivity contribution in [3.8, 4) is 0 Å². The number of aromatic nitrogens is 1. The second-order valence-electron chi connectivity index (χ2n) is 3.91. The zero-order valence-electron chi connectivity index (χ0n) is 9.18. The molecule has 0 unspecified atom stereocenters. The number of nitrogens with zero attached hydrogens (tertiary/aromatic N) is 2. The Labute approximate surface area is 100 Å². The van der Waals surface area contributed by atoms with E-state index in [4.69, 9.17) is 10.2 Å². The van der Waals surface area contributed by atoms with Crippen LogP contribution >= 0.6 is 12.4 Å². The lowest BCUT2D eigenvalue weighted by Gasteiger charge is -2.30. The van der Waals surface area contributed by atoms with Crippen molar-refractivity contribution >= 4 is 18.3 Å². The lowest BCUT2D eigenvalue weighted by molar-refractivity contribution is 0.0702. The van der Waals surface area contributed by atoms with Crippen LogP contribution in [-0.4, -0.2) is 34.9 Å². The second-order valence-corrected chi connectivity index (χ2v) is 3.91. The Kier molecular flexibility index (Phi) is 4.32. The number of halogens is 1. The summed E-state index contributed by atoms with van der Waals surface area (Å²) in [4.78, 5) is 17.6. The Bertz CT molecular complexity index is 367. The molecule has 90 valence electrons. The van der Waals surface area contributed by atoms with Crippen LogP contribution in [0.1, 0.15) is 29.1 Å². The van der Waals surface area contributed by atoms with Gasteiger partial charge in [-0.2, -0.15) is 0 Å². The number of carbonyl (C=O) groups excluding carboxylic acids is 1. The van der Waals surface area contributed by atoms with Crippen LogP contribution in [0.4, 0.5) is 0 Å². The van der Waals surface area contributed by atoms with Gasteiger partial charge in [0.1, 0.15) is 5.76 Å². The van der Waals surface area contributed by atoms with E-state index in [9.17, 15) is 4.79 Å². The van der Waals surface area contributed by atoms with Crippen LogP contribution in [0.25, 0.3) is 0 Å². The third-order valence-corrected chi connectivity index (χ3v) is 2.69. The van der Waals surface area contributed by atoms with Gasteiger partial charge in [-0.3, -0.25) is 4.79 Å². The number of likely N-dealkylation sites (tertiary alicyclic amines) is 1. The molecule has 16 heavy (non-hydrogen) atoms. The predicted octanol–water partition coefficient (Wildman–Crippen LogP) is 0.968. The molecule has 1 saturated heterocycles. The van der Waals surface area contributed by atoms with Crippen LogP contribution in [0.5, 0.6) is 0 Å². The fraction of sp³-hybridized carbons (Fsp3) is 0.600.